The maximum Gasteiger partial charge on any atom is 0.410 e. The molecule has 2 unspecified atom stereocenters. The Labute approximate surface area is 190 Å². The second kappa shape index (κ2) is 7.16. The third-order valence-corrected chi connectivity index (χ3v) is 6.62. The van der Waals surface area contributed by atoms with E-state index in [-0.39, 0.29) is 41.5 Å². The van der Waals surface area contributed by atoms with Gasteiger partial charge in [-0.1, -0.05) is 11.6 Å². The summed E-state index contributed by atoms with van der Waals surface area (Å²) >= 11 is 5.99. The number of hydrogen-bond acceptors (Lipinski definition) is 6. The highest BCUT2D eigenvalue weighted by Crippen LogP contribution is 2.40. The number of rotatable bonds is 1. The third kappa shape index (κ3) is 3.25. The van der Waals surface area contributed by atoms with Crippen molar-refractivity contribution in [3.63, 3.8) is 0 Å². The zero-order valence-corrected chi connectivity index (χ0v) is 19.2. The third-order valence-electron chi connectivity index (χ3n) is 6.35. The van der Waals surface area contributed by atoms with E-state index < -0.39 is 11.4 Å². The summed E-state index contributed by atoms with van der Waals surface area (Å²) < 4.78 is 20.7. The number of piperazine rings is 1. The number of pyridine rings is 2. The lowest BCUT2D eigenvalue weighted by atomic mass is 10.1. The fourth-order valence-corrected chi connectivity index (χ4v) is 5.17. The summed E-state index contributed by atoms with van der Waals surface area (Å²) in [4.78, 5) is 39.5. The highest BCUT2D eigenvalue weighted by Gasteiger charge is 2.45. The van der Waals surface area contributed by atoms with Gasteiger partial charge in [0.05, 0.1) is 12.1 Å². The molecule has 0 aliphatic carbocycles. The molecule has 3 aliphatic heterocycles. The lowest BCUT2D eigenvalue weighted by Crippen LogP contribution is -2.57. The predicted octanol–water partition coefficient (Wildman–Crippen LogP) is 3.60. The van der Waals surface area contributed by atoms with Crippen molar-refractivity contribution in [3.05, 3.63) is 28.4 Å². The minimum atomic E-state index is -0.637. The molecule has 2 saturated heterocycles. The molecule has 2 fully saturated rings. The van der Waals surface area contributed by atoms with Crippen LogP contribution in [0.2, 0.25) is 5.15 Å². The normalized spacial score (nSPS) is 22.7. The van der Waals surface area contributed by atoms with Gasteiger partial charge in [0.1, 0.15) is 17.1 Å². The molecule has 2 amide bonds. The first kappa shape index (κ1) is 21.2. The zero-order valence-electron chi connectivity index (χ0n) is 18.5. The van der Waals surface area contributed by atoms with Crippen LogP contribution in [0, 0.1) is 5.82 Å². The molecule has 0 N–H and O–H groups in total. The van der Waals surface area contributed by atoms with Crippen molar-refractivity contribution in [2.45, 2.75) is 57.8 Å². The number of anilines is 1. The van der Waals surface area contributed by atoms with Crippen LogP contribution in [-0.4, -0.2) is 69.6 Å². The van der Waals surface area contributed by atoms with Crippen molar-refractivity contribution < 1.29 is 18.7 Å². The second-order valence-corrected chi connectivity index (χ2v) is 10.1. The first-order valence-corrected chi connectivity index (χ1v) is 11.1. The van der Waals surface area contributed by atoms with E-state index >= 15 is 4.39 Å². The van der Waals surface area contributed by atoms with Crippen molar-refractivity contribution in [1.29, 1.82) is 0 Å². The van der Waals surface area contributed by atoms with Crippen molar-refractivity contribution in [1.82, 2.24) is 19.8 Å². The van der Waals surface area contributed by atoms with Crippen LogP contribution in [-0.2, 0) is 11.3 Å². The Morgan fingerprint density at radius 3 is 2.53 bits per heavy atom. The number of carbonyl (C=O) groups excluding carboxylic acids is 2. The molecule has 3 aliphatic rings. The number of amides is 2. The molecule has 10 heteroatoms. The minimum absolute atomic E-state index is 0.0443. The van der Waals surface area contributed by atoms with Crippen molar-refractivity contribution in [3.8, 4) is 0 Å². The van der Waals surface area contributed by atoms with Crippen LogP contribution in [0.4, 0.5) is 15.0 Å². The molecule has 0 aromatic carbocycles. The van der Waals surface area contributed by atoms with E-state index in [4.69, 9.17) is 16.3 Å². The number of fused-ring (bicyclic) bond motifs is 5. The Morgan fingerprint density at radius 2 is 1.91 bits per heavy atom. The summed E-state index contributed by atoms with van der Waals surface area (Å²) in [6, 6.07) is -0.0885. The van der Waals surface area contributed by atoms with Crippen LogP contribution in [0.15, 0.2) is 6.20 Å². The van der Waals surface area contributed by atoms with Crippen LogP contribution in [0.25, 0.3) is 10.8 Å². The van der Waals surface area contributed by atoms with Gasteiger partial charge in [0.2, 0.25) is 0 Å². The fourth-order valence-electron chi connectivity index (χ4n) is 5.03. The Balaban J connectivity index is 1.55. The van der Waals surface area contributed by atoms with E-state index in [1.54, 1.807) is 7.05 Å². The number of aromatic nitrogens is 2. The van der Waals surface area contributed by atoms with Crippen LogP contribution in [0.1, 0.15) is 49.7 Å². The minimum Gasteiger partial charge on any atom is -0.444 e. The van der Waals surface area contributed by atoms with Gasteiger partial charge < -0.3 is 14.5 Å². The fraction of sp³-hybridized carbons (Fsp3) is 0.545. The van der Waals surface area contributed by atoms with E-state index in [0.717, 1.165) is 12.8 Å². The standard InChI is InChI=1S/C22H25ClFN5O3/c1-22(2,3)32-21(31)29-11-5-6-12(29)9-28(8-11)19-13-7-25-18(23)16(24)15(13)14-10-27(4)20(30)17(14)26-19/h7,11-12H,5-6,8-10H2,1-4H3. The SMILES string of the molecule is CN1Cc2c(nc(N3CC4CCC(C3)N4C(=O)OC(C)(C)C)c3cnc(Cl)c(F)c23)C1=O. The van der Waals surface area contributed by atoms with Gasteiger partial charge in [-0.2, -0.15) is 0 Å². The summed E-state index contributed by atoms with van der Waals surface area (Å²) in [5.74, 6) is -0.375. The van der Waals surface area contributed by atoms with Crippen LogP contribution < -0.4 is 4.90 Å². The quantitative estimate of drug-likeness (QED) is 0.604. The first-order valence-electron chi connectivity index (χ1n) is 10.7. The number of hydrogen-bond donors (Lipinski definition) is 0. The highest BCUT2D eigenvalue weighted by molar-refractivity contribution is 6.30. The Kier molecular flexibility index (Phi) is 4.74. The van der Waals surface area contributed by atoms with Crippen LogP contribution in [0.3, 0.4) is 0 Å². The maximum atomic E-state index is 15.1. The molecule has 0 radical (unpaired) electrons. The molecule has 0 saturated carbocycles. The number of halogens is 2. The van der Waals surface area contributed by atoms with E-state index in [1.807, 2.05) is 30.6 Å². The molecule has 5 rings (SSSR count). The summed E-state index contributed by atoms with van der Waals surface area (Å²) in [5.41, 5.74) is 0.215. The molecule has 170 valence electrons. The van der Waals surface area contributed by atoms with Crippen molar-refractivity contribution >= 4 is 40.2 Å². The van der Waals surface area contributed by atoms with E-state index in [0.29, 0.717) is 35.2 Å². The maximum absolute atomic E-state index is 15.1. The Morgan fingerprint density at radius 1 is 1.25 bits per heavy atom. The molecule has 5 heterocycles. The first-order chi connectivity index (χ1) is 15.0. The molecule has 2 aromatic rings. The van der Waals surface area contributed by atoms with E-state index in [2.05, 4.69) is 9.97 Å². The lowest BCUT2D eigenvalue weighted by molar-refractivity contribution is 0.0123. The average molecular weight is 462 g/mol. The number of ether oxygens (including phenoxy) is 1. The monoisotopic (exact) mass is 461 g/mol. The Bertz CT molecular complexity index is 1140. The highest BCUT2D eigenvalue weighted by atomic mass is 35.5. The number of carbonyl (C=O) groups is 2. The van der Waals surface area contributed by atoms with Gasteiger partial charge >= 0.3 is 6.09 Å². The summed E-state index contributed by atoms with van der Waals surface area (Å²) in [5, 5.41) is 0.595. The van der Waals surface area contributed by atoms with Crippen LogP contribution in [0.5, 0.6) is 0 Å². The van der Waals surface area contributed by atoms with Gasteiger partial charge in [-0.25, -0.2) is 19.2 Å². The van der Waals surface area contributed by atoms with Crippen LogP contribution >= 0.6 is 11.6 Å². The smallest absolute Gasteiger partial charge is 0.410 e. The summed E-state index contributed by atoms with van der Waals surface area (Å²) in [6.45, 7) is 6.86. The van der Waals surface area contributed by atoms with Crippen molar-refractivity contribution in [2.75, 3.05) is 25.0 Å². The molecule has 32 heavy (non-hydrogen) atoms. The van der Waals surface area contributed by atoms with Gasteiger partial charge in [0.15, 0.2) is 11.0 Å². The molecule has 2 aromatic heterocycles. The van der Waals surface area contributed by atoms with Gasteiger partial charge in [0, 0.05) is 49.2 Å². The summed E-state index contributed by atoms with van der Waals surface area (Å²) in [6.07, 6.45) is 2.91. The molecule has 0 spiro atoms. The molecular weight excluding hydrogens is 437 g/mol. The van der Waals surface area contributed by atoms with Gasteiger partial charge in [-0.3, -0.25) is 9.69 Å². The average Bonchev–Trinajstić information content (AvgIpc) is 3.15. The molecular formula is C22H25ClFN5O3. The van der Waals surface area contributed by atoms with Crippen molar-refractivity contribution in [2.24, 2.45) is 0 Å². The topological polar surface area (TPSA) is 78.9 Å². The van der Waals surface area contributed by atoms with Gasteiger partial charge in [-0.15, -0.1) is 0 Å². The lowest BCUT2D eigenvalue weighted by Gasteiger charge is -2.42. The van der Waals surface area contributed by atoms with E-state index in [9.17, 15) is 9.59 Å². The molecule has 2 atom stereocenters. The van der Waals surface area contributed by atoms with Gasteiger partial charge in [0.25, 0.3) is 5.91 Å². The predicted molar refractivity (Wildman–Crippen MR) is 117 cm³/mol. The van der Waals surface area contributed by atoms with E-state index in [1.165, 1.54) is 11.1 Å². The zero-order chi connectivity index (χ0) is 22.9. The second-order valence-electron chi connectivity index (χ2n) is 9.75. The summed E-state index contributed by atoms with van der Waals surface area (Å²) in [7, 11) is 1.66. The molecule has 8 nitrogen and oxygen atoms in total. The number of nitrogens with zero attached hydrogens (tertiary/aromatic N) is 5. The largest absolute Gasteiger partial charge is 0.444 e. The Hall–Kier alpha value is -2.68. The molecule has 2 bridgehead atoms. The van der Waals surface area contributed by atoms with Gasteiger partial charge in [-0.05, 0) is 33.6 Å².